The summed E-state index contributed by atoms with van der Waals surface area (Å²) in [6, 6.07) is 0. The number of aliphatic hydroxyl groups excluding tert-OH is 2. The Kier molecular flexibility index (Phi) is 39.8. The molecule has 4 nitrogen and oxygen atoms in total. The van der Waals surface area contributed by atoms with Gasteiger partial charge in [-0.1, -0.05) is 201 Å². The first-order valence-corrected chi connectivity index (χ1v) is 19.0. The zero-order valence-electron chi connectivity index (χ0n) is 29.0. The van der Waals surface area contributed by atoms with Crippen molar-refractivity contribution < 1.29 is 20.1 Å². The van der Waals surface area contributed by atoms with Gasteiger partial charge in [-0.15, -0.1) is 0 Å². The molecule has 42 heavy (non-hydrogen) atoms. The zero-order chi connectivity index (χ0) is 31.4. The fourth-order valence-corrected chi connectivity index (χ4v) is 5.76. The van der Waals surface area contributed by atoms with E-state index in [1.165, 1.54) is 180 Å². The molecule has 0 spiro atoms. The average Bonchev–Trinajstić information content (AvgIpc) is 2.99. The number of hydrogen-bond acceptors (Lipinski definition) is 3. The molecule has 0 aliphatic rings. The first-order chi connectivity index (χ1) is 20.5. The van der Waals surface area contributed by atoms with Gasteiger partial charge in [0.1, 0.15) is 0 Å². The summed E-state index contributed by atoms with van der Waals surface area (Å²) in [7, 11) is 0. The lowest BCUT2D eigenvalue weighted by molar-refractivity contribution is -0.146. The van der Waals surface area contributed by atoms with Crippen LogP contribution in [0, 0.1) is 5.92 Å². The summed E-state index contributed by atoms with van der Waals surface area (Å²) in [5.41, 5.74) is 0. The standard InChI is InChI=1S/C20H42O.C18H36O3/c1-3-5-7-9-11-12-14-16-18-20(19-21)17-15-13-10-8-6-4-2;1-2-3-4-5-6-7-8-9-10-11-12-13-14-15-16-17(19)18(20)21/h20-21H,3-19H2,1-2H3;17,19H,2-16H2,1H3,(H,20,21). The molecule has 0 aliphatic carbocycles. The van der Waals surface area contributed by atoms with E-state index in [9.17, 15) is 9.90 Å². The van der Waals surface area contributed by atoms with E-state index < -0.39 is 12.1 Å². The van der Waals surface area contributed by atoms with E-state index in [4.69, 9.17) is 10.2 Å². The van der Waals surface area contributed by atoms with Crippen LogP contribution in [0.2, 0.25) is 0 Å². The maximum absolute atomic E-state index is 10.4. The van der Waals surface area contributed by atoms with Crippen molar-refractivity contribution in [2.45, 2.75) is 226 Å². The first-order valence-electron chi connectivity index (χ1n) is 19.0. The summed E-state index contributed by atoms with van der Waals surface area (Å²) in [5.74, 6) is -0.513. The van der Waals surface area contributed by atoms with Crippen LogP contribution in [0.1, 0.15) is 220 Å². The van der Waals surface area contributed by atoms with Gasteiger partial charge in [0.05, 0.1) is 0 Å². The number of unbranched alkanes of at least 4 members (excludes halogenated alkanes) is 25. The molecule has 0 rings (SSSR count). The maximum Gasteiger partial charge on any atom is 0.332 e. The molecule has 0 saturated carbocycles. The van der Waals surface area contributed by atoms with Crippen LogP contribution in [-0.2, 0) is 4.79 Å². The number of hydrogen-bond donors (Lipinski definition) is 3. The summed E-state index contributed by atoms with van der Waals surface area (Å²) < 4.78 is 0. The van der Waals surface area contributed by atoms with Crippen LogP contribution in [0.15, 0.2) is 0 Å². The lowest BCUT2D eigenvalue weighted by atomic mass is 9.95. The number of carboxylic acids is 1. The van der Waals surface area contributed by atoms with Crippen LogP contribution >= 0.6 is 0 Å². The Balaban J connectivity index is 0. The van der Waals surface area contributed by atoms with Gasteiger partial charge in [0.25, 0.3) is 0 Å². The molecule has 2 unspecified atom stereocenters. The normalized spacial score (nSPS) is 12.6. The van der Waals surface area contributed by atoms with Crippen LogP contribution in [0.3, 0.4) is 0 Å². The molecule has 2 atom stereocenters. The predicted molar refractivity (Wildman–Crippen MR) is 184 cm³/mol. The Bertz CT molecular complexity index is 495. The van der Waals surface area contributed by atoms with Crippen molar-refractivity contribution in [3.8, 4) is 0 Å². The fraction of sp³-hybridized carbons (Fsp3) is 0.974. The van der Waals surface area contributed by atoms with Crippen LogP contribution in [0.4, 0.5) is 0 Å². The van der Waals surface area contributed by atoms with Gasteiger partial charge in [-0.25, -0.2) is 4.79 Å². The number of carboxylic acid groups (broad SMARTS) is 1. The van der Waals surface area contributed by atoms with Crippen molar-refractivity contribution in [2.24, 2.45) is 5.92 Å². The summed E-state index contributed by atoms with van der Waals surface area (Å²) >= 11 is 0. The minimum Gasteiger partial charge on any atom is -0.479 e. The van der Waals surface area contributed by atoms with Gasteiger partial charge in [0, 0.05) is 6.61 Å². The predicted octanol–water partition coefficient (Wildman–Crippen LogP) is 12.2. The van der Waals surface area contributed by atoms with E-state index in [0.717, 1.165) is 12.8 Å². The minimum absolute atomic E-state index is 0.396. The van der Waals surface area contributed by atoms with Crippen LogP contribution in [0.5, 0.6) is 0 Å². The minimum atomic E-state index is -1.16. The molecule has 0 radical (unpaired) electrons. The Morgan fingerprint density at radius 1 is 0.429 bits per heavy atom. The number of carbonyl (C=O) groups is 1. The zero-order valence-corrected chi connectivity index (χ0v) is 29.0. The van der Waals surface area contributed by atoms with Crippen molar-refractivity contribution in [3.63, 3.8) is 0 Å². The molecule has 3 N–H and O–H groups in total. The highest BCUT2D eigenvalue weighted by atomic mass is 16.4. The quantitative estimate of drug-likeness (QED) is 0.0656. The third-order valence-corrected chi connectivity index (χ3v) is 8.81. The molecular formula is C38H78O4. The molecule has 0 heterocycles. The SMILES string of the molecule is CCCCCCCCCCC(CO)CCCCCCCC.CCCCCCCCCCCCCCCCC(O)C(=O)O. The van der Waals surface area contributed by atoms with Gasteiger partial charge in [-0.3, -0.25) is 0 Å². The molecule has 0 aromatic rings. The lowest BCUT2D eigenvalue weighted by Crippen LogP contribution is -2.18. The second-order valence-corrected chi connectivity index (χ2v) is 13.1. The van der Waals surface area contributed by atoms with E-state index in [0.29, 0.717) is 18.9 Å². The molecule has 0 aliphatic heterocycles. The Labute approximate surface area is 264 Å². The van der Waals surface area contributed by atoms with E-state index in [-0.39, 0.29) is 0 Å². The molecule has 0 bridgehead atoms. The van der Waals surface area contributed by atoms with Gasteiger partial charge < -0.3 is 15.3 Å². The molecule has 0 aromatic heterocycles. The van der Waals surface area contributed by atoms with E-state index in [1.54, 1.807) is 0 Å². The average molecular weight is 599 g/mol. The second kappa shape index (κ2) is 38.4. The monoisotopic (exact) mass is 599 g/mol. The van der Waals surface area contributed by atoms with Gasteiger partial charge in [0.2, 0.25) is 0 Å². The largest absolute Gasteiger partial charge is 0.479 e. The highest BCUT2D eigenvalue weighted by Crippen LogP contribution is 2.19. The summed E-state index contributed by atoms with van der Waals surface area (Å²) in [4.78, 5) is 10.4. The van der Waals surface area contributed by atoms with Gasteiger partial charge in [-0.05, 0) is 25.2 Å². The Morgan fingerprint density at radius 2 is 0.667 bits per heavy atom. The van der Waals surface area contributed by atoms with E-state index >= 15 is 0 Å². The summed E-state index contributed by atoms with van der Waals surface area (Å²) in [5, 5.41) is 27.1. The molecule has 0 amide bonds. The number of aliphatic hydroxyl groups is 2. The third kappa shape index (κ3) is 37.4. The van der Waals surface area contributed by atoms with Crippen molar-refractivity contribution in [3.05, 3.63) is 0 Å². The highest BCUT2D eigenvalue weighted by molar-refractivity contribution is 5.71. The molecule has 254 valence electrons. The summed E-state index contributed by atoms with van der Waals surface area (Å²) in [6.45, 7) is 7.21. The Hall–Kier alpha value is -0.610. The molecular weight excluding hydrogens is 520 g/mol. The van der Waals surface area contributed by atoms with Gasteiger partial charge in [0.15, 0.2) is 6.10 Å². The van der Waals surface area contributed by atoms with Gasteiger partial charge >= 0.3 is 5.97 Å². The smallest absolute Gasteiger partial charge is 0.332 e. The van der Waals surface area contributed by atoms with Crippen molar-refractivity contribution in [1.82, 2.24) is 0 Å². The molecule has 0 saturated heterocycles. The molecule has 0 fully saturated rings. The lowest BCUT2D eigenvalue weighted by Gasteiger charge is -2.13. The number of aliphatic carboxylic acids is 1. The van der Waals surface area contributed by atoms with Crippen molar-refractivity contribution >= 4 is 5.97 Å². The molecule has 0 aromatic carbocycles. The number of rotatable bonds is 33. The van der Waals surface area contributed by atoms with Crippen LogP contribution in [0.25, 0.3) is 0 Å². The second-order valence-electron chi connectivity index (χ2n) is 13.1. The molecule has 4 heteroatoms. The van der Waals surface area contributed by atoms with E-state index in [1.807, 2.05) is 0 Å². The van der Waals surface area contributed by atoms with Crippen LogP contribution < -0.4 is 0 Å². The van der Waals surface area contributed by atoms with Crippen molar-refractivity contribution in [1.29, 1.82) is 0 Å². The topological polar surface area (TPSA) is 77.8 Å². The maximum atomic E-state index is 10.4. The van der Waals surface area contributed by atoms with Crippen molar-refractivity contribution in [2.75, 3.05) is 6.61 Å². The summed E-state index contributed by atoms with van der Waals surface area (Å²) in [6.07, 6.45) is 39.1. The Morgan fingerprint density at radius 3 is 0.905 bits per heavy atom. The van der Waals surface area contributed by atoms with Crippen LogP contribution in [-0.4, -0.2) is 34.0 Å². The highest BCUT2D eigenvalue weighted by Gasteiger charge is 2.11. The van der Waals surface area contributed by atoms with E-state index in [2.05, 4.69) is 20.8 Å². The van der Waals surface area contributed by atoms with Gasteiger partial charge in [-0.2, -0.15) is 0 Å². The fourth-order valence-electron chi connectivity index (χ4n) is 5.76. The third-order valence-electron chi connectivity index (χ3n) is 8.81. The first kappa shape index (κ1) is 43.5.